The Labute approximate surface area is 340 Å². The van der Waals surface area contributed by atoms with Crippen LogP contribution in [0.25, 0.3) is 0 Å². The fourth-order valence-electron chi connectivity index (χ4n) is 4.69. The smallest absolute Gasteiger partial charge is 0.306 e. The SMILES string of the molecule is CC/C=C/C=C/C=C/C=C/CCCCCC(=O)OC(COC(=O)CCCCC/C=C/C/C=C/C/C=C/C/C=C/C/C=C/CC)COP(=O)([O-])OCC[N+](C)(C)C. The number of carbonyl (C=O) groups is 2. The lowest BCUT2D eigenvalue weighted by Gasteiger charge is -2.28. The van der Waals surface area contributed by atoms with Crippen LogP contribution in [-0.4, -0.2) is 70.0 Å². The minimum Gasteiger partial charge on any atom is -0.756 e. The molecule has 2 atom stereocenters. The maximum Gasteiger partial charge on any atom is 0.306 e. The second-order valence-corrected chi connectivity index (χ2v) is 15.7. The van der Waals surface area contributed by atoms with Gasteiger partial charge in [0.2, 0.25) is 0 Å². The quantitative estimate of drug-likeness (QED) is 0.0156. The summed E-state index contributed by atoms with van der Waals surface area (Å²) in [6.07, 6.45) is 49.8. The first-order valence-corrected chi connectivity index (χ1v) is 22.1. The lowest BCUT2D eigenvalue weighted by molar-refractivity contribution is -0.870. The lowest BCUT2D eigenvalue weighted by atomic mass is 10.1. The van der Waals surface area contributed by atoms with E-state index < -0.39 is 32.5 Å². The first-order valence-electron chi connectivity index (χ1n) is 20.6. The molecule has 9 nitrogen and oxygen atoms in total. The van der Waals surface area contributed by atoms with E-state index >= 15 is 0 Å². The van der Waals surface area contributed by atoms with Gasteiger partial charge in [-0.2, -0.15) is 0 Å². The molecule has 0 aromatic heterocycles. The predicted octanol–water partition coefficient (Wildman–Crippen LogP) is 10.9. The Hall–Kier alpha value is -3.33. The summed E-state index contributed by atoms with van der Waals surface area (Å²) in [5, 5.41) is 0. The summed E-state index contributed by atoms with van der Waals surface area (Å²) >= 11 is 0. The van der Waals surface area contributed by atoms with Gasteiger partial charge in [-0.05, 0) is 77.0 Å². The van der Waals surface area contributed by atoms with E-state index in [1.165, 1.54) is 0 Å². The van der Waals surface area contributed by atoms with Gasteiger partial charge < -0.3 is 27.9 Å². The molecule has 0 spiro atoms. The maximum atomic E-state index is 12.6. The average molecular weight is 800 g/mol. The molecule has 0 saturated heterocycles. The van der Waals surface area contributed by atoms with Crippen LogP contribution in [0.5, 0.6) is 0 Å². The monoisotopic (exact) mass is 800 g/mol. The molecule has 56 heavy (non-hydrogen) atoms. The van der Waals surface area contributed by atoms with Crippen LogP contribution in [0.3, 0.4) is 0 Å². The number of quaternary nitrogens is 1. The zero-order valence-electron chi connectivity index (χ0n) is 35.3. The molecule has 0 heterocycles. The summed E-state index contributed by atoms with van der Waals surface area (Å²) in [5.41, 5.74) is 0. The molecule has 0 saturated carbocycles. The number of esters is 2. The van der Waals surface area contributed by atoms with Crippen molar-refractivity contribution in [1.82, 2.24) is 0 Å². The number of likely N-dealkylation sites (N-methyl/N-ethyl adjacent to an activating group) is 1. The van der Waals surface area contributed by atoms with Crippen LogP contribution in [-0.2, 0) is 32.7 Å². The Morgan fingerprint density at radius 1 is 0.571 bits per heavy atom. The summed E-state index contributed by atoms with van der Waals surface area (Å²) in [4.78, 5) is 37.4. The summed E-state index contributed by atoms with van der Waals surface area (Å²) in [7, 11) is 1.09. The van der Waals surface area contributed by atoms with Crippen molar-refractivity contribution in [3.63, 3.8) is 0 Å². The van der Waals surface area contributed by atoms with Crippen molar-refractivity contribution in [3.05, 3.63) is 109 Å². The molecule has 0 aliphatic carbocycles. The Morgan fingerprint density at radius 2 is 1.05 bits per heavy atom. The number of rotatable bonds is 35. The minimum absolute atomic E-state index is 0.0516. The molecular formula is C46H74NO8P. The molecule has 316 valence electrons. The van der Waals surface area contributed by atoms with Crippen LogP contribution in [0, 0.1) is 0 Å². The Bertz CT molecular complexity index is 1320. The molecule has 0 amide bonds. The Morgan fingerprint density at radius 3 is 1.61 bits per heavy atom. The summed E-state index contributed by atoms with van der Waals surface area (Å²) < 4.78 is 33.7. The zero-order valence-corrected chi connectivity index (χ0v) is 36.2. The molecule has 0 N–H and O–H groups in total. The van der Waals surface area contributed by atoms with Crippen LogP contribution in [0.1, 0.15) is 117 Å². The average Bonchev–Trinajstić information content (AvgIpc) is 3.15. The molecule has 0 radical (unpaired) electrons. The van der Waals surface area contributed by atoms with E-state index in [-0.39, 0.29) is 26.1 Å². The number of ether oxygens (including phenoxy) is 2. The maximum absolute atomic E-state index is 12.6. The van der Waals surface area contributed by atoms with Crippen LogP contribution in [0.15, 0.2) is 109 Å². The van der Waals surface area contributed by atoms with Gasteiger partial charge in [0.25, 0.3) is 7.82 Å². The van der Waals surface area contributed by atoms with Gasteiger partial charge >= 0.3 is 11.9 Å². The van der Waals surface area contributed by atoms with Crippen molar-refractivity contribution >= 4 is 19.8 Å². The highest BCUT2D eigenvalue weighted by atomic mass is 31.2. The molecule has 0 aromatic carbocycles. The molecule has 0 fully saturated rings. The highest BCUT2D eigenvalue weighted by Gasteiger charge is 2.21. The van der Waals surface area contributed by atoms with E-state index in [1.54, 1.807) is 0 Å². The Balaban J connectivity index is 4.52. The van der Waals surface area contributed by atoms with Gasteiger partial charge in [-0.3, -0.25) is 14.2 Å². The molecular weight excluding hydrogens is 725 g/mol. The lowest BCUT2D eigenvalue weighted by Crippen LogP contribution is -2.37. The fraction of sp³-hybridized carbons (Fsp3) is 0.565. The third-order valence-corrected chi connectivity index (χ3v) is 8.85. The van der Waals surface area contributed by atoms with E-state index in [4.69, 9.17) is 18.5 Å². The number of phosphoric acid groups is 1. The number of phosphoric ester groups is 1. The van der Waals surface area contributed by atoms with Crippen molar-refractivity contribution in [2.45, 2.75) is 123 Å². The van der Waals surface area contributed by atoms with Crippen LogP contribution in [0.2, 0.25) is 0 Å². The predicted molar refractivity (Wildman–Crippen MR) is 231 cm³/mol. The van der Waals surface area contributed by atoms with Crippen molar-refractivity contribution < 1.29 is 42.1 Å². The summed E-state index contributed by atoms with van der Waals surface area (Å²) in [5.74, 6) is -0.934. The van der Waals surface area contributed by atoms with Gasteiger partial charge in [0.05, 0.1) is 27.7 Å². The number of allylic oxidation sites excluding steroid dienone is 18. The van der Waals surface area contributed by atoms with Gasteiger partial charge in [-0.15, -0.1) is 0 Å². The number of hydrogen-bond donors (Lipinski definition) is 0. The summed E-state index contributed by atoms with van der Waals surface area (Å²) in [6.45, 7) is 3.84. The molecule has 0 bridgehead atoms. The number of hydrogen-bond acceptors (Lipinski definition) is 8. The van der Waals surface area contributed by atoms with Gasteiger partial charge in [-0.25, -0.2) is 0 Å². The second-order valence-electron chi connectivity index (χ2n) is 14.3. The number of carbonyl (C=O) groups excluding carboxylic acids is 2. The molecule has 0 rings (SSSR count). The van der Waals surface area contributed by atoms with Gasteiger partial charge in [-0.1, -0.05) is 136 Å². The molecule has 0 aliphatic heterocycles. The molecule has 0 aromatic rings. The van der Waals surface area contributed by atoms with Crippen LogP contribution >= 0.6 is 7.82 Å². The van der Waals surface area contributed by atoms with Crippen molar-refractivity contribution in [1.29, 1.82) is 0 Å². The third kappa shape index (κ3) is 40.3. The van der Waals surface area contributed by atoms with E-state index in [2.05, 4.69) is 86.8 Å². The van der Waals surface area contributed by atoms with E-state index in [9.17, 15) is 19.0 Å². The summed E-state index contributed by atoms with van der Waals surface area (Å²) in [6, 6.07) is 0. The highest BCUT2D eigenvalue weighted by molar-refractivity contribution is 7.45. The van der Waals surface area contributed by atoms with Crippen molar-refractivity contribution in [2.75, 3.05) is 47.5 Å². The first-order chi connectivity index (χ1) is 27.0. The topological polar surface area (TPSA) is 111 Å². The van der Waals surface area contributed by atoms with Crippen LogP contribution in [0.4, 0.5) is 0 Å². The van der Waals surface area contributed by atoms with Crippen LogP contribution < -0.4 is 4.89 Å². The largest absolute Gasteiger partial charge is 0.756 e. The third-order valence-electron chi connectivity index (χ3n) is 7.88. The highest BCUT2D eigenvalue weighted by Crippen LogP contribution is 2.38. The van der Waals surface area contributed by atoms with E-state index in [0.717, 1.165) is 77.0 Å². The second kappa shape index (κ2) is 37.3. The first kappa shape index (κ1) is 52.7. The standard InChI is InChI=1S/C46H74NO8P/c1-6-8-10-12-14-16-18-20-21-22-23-24-25-27-28-30-32-34-36-38-45(48)52-42-44(43-54-56(50,51)53-41-40-47(3,4)5)55-46(49)39-37-35-33-31-29-26-19-17-15-13-11-9-7-2/h8-11,13-17,19-21,23-24,26-29,44H,6-7,12,18,22,25,30-43H2,1-5H3/b10-8+,11-9+,15-13+,16-14+,19-17+,21-20+,24-23+,28-27+,29-26+. The number of unbranched alkanes of at least 4 members (excludes halogenated alkanes) is 6. The van der Waals surface area contributed by atoms with E-state index in [1.807, 2.05) is 57.6 Å². The molecule has 2 unspecified atom stereocenters. The van der Waals surface area contributed by atoms with E-state index in [0.29, 0.717) is 23.9 Å². The zero-order chi connectivity index (χ0) is 41.4. The van der Waals surface area contributed by atoms with Crippen molar-refractivity contribution in [2.24, 2.45) is 0 Å². The molecule has 10 heteroatoms. The molecule has 0 aliphatic rings. The normalized spacial score (nSPS) is 14.8. The Kier molecular flexibility index (Phi) is 35.0. The minimum atomic E-state index is -4.65. The fourth-order valence-corrected chi connectivity index (χ4v) is 5.42. The van der Waals surface area contributed by atoms with Gasteiger partial charge in [0.1, 0.15) is 19.8 Å². The van der Waals surface area contributed by atoms with Gasteiger partial charge in [0.15, 0.2) is 6.10 Å². The van der Waals surface area contributed by atoms with Crippen molar-refractivity contribution in [3.8, 4) is 0 Å². The van der Waals surface area contributed by atoms with Gasteiger partial charge in [0, 0.05) is 12.8 Å². The number of nitrogens with zero attached hydrogens (tertiary/aromatic N) is 1.